The molecule has 0 unspecified atom stereocenters. The van der Waals surface area contributed by atoms with E-state index in [9.17, 15) is 10.1 Å². The maximum atomic E-state index is 12.3. The third-order valence-corrected chi connectivity index (χ3v) is 5.93. The summed E-state index contributed by atoms with van der Waals surface area (Å²) in [7, 11) is 1.82. The number of nitrogens with two attached hydrogens (primary N) is 1. The highest BCUT2D eigenvalue weighted by Crippen LogP contribution is 2.40. The van der Waals surface area contributed by atoms with E-state index in [1.165, 1.54) is 0 Å². The first-order valence-electron chi connectivity index (χ1n) is 10.3. The third kappa shape index (κ3) is 4.09. The van der Waals surface area contributed by atoms with Crippen LogP contribution in [-0.4, -0.2) is 20.9 Å². The van der Waals surface area contributed by atoms with Crippen LogP contribution in [0.25, 0.3) is 33.2 Å². The molecular weight excluding hydrogens is 461 g/mol. The minimum Gasteiger partial charge on any atom is -0.489 e. The van der Waals surface area contributed by atoms with Gasteiger partial charge in [0.15, 0.2) is 0 Å². The monoisotopic (exact) mass is 481 g/mol. The van der Waals surface area contributed by atoms with Crippen LogP contribution in [0.3, 0.4) is 0 Å². The van der Waals surface area contributed by atoms with Gasteiger partial charge in [-0.05, 0) is 47.6 Å². The van der Waals surface area contributed by atoms with Gasteiger partial charge in [0.2, 0.25) is 0 Å². The Morgan fingerprint density at radius 3 is 2.76 bits per heavy atom. The molecule has 0 amide bonds. The number of aromatic amines is 1. The molecule has 5 rings (SSSR count). The Morgan fingerprint density at radius 2 is 2.06 bits per heavy atom. The molecule has 0 aliphatic heterocycles. The van der Waals surface area contributed by atoms with Crippen LogP contribution in [0.1, 0.15) is 24.0 Å². The van der Waals surface area contributed by atoms with Crippen molar-refractivity contribution in [1.29, 1.82) is 5.26 Å². The molecule has 33 heavy (non-hydrogen) atoms. The van der Waals surface area contributed by atoms with Gasteiger partial charge in [-0.25, -0.2) is 0 Å². The fourth-order valence-electron chi connectivity index (χ4n) is 3.96. The van der Waals surface area contributed by atoms with Gasteiger partial charge in [0.1, 0.15) is 17.4 Å². The quantitative estimate of drug-likeness (QED) is 0.434. The van der Waals surface area contributed by atoms with Crippen molar-refractivity contribution in [1.82, 2.24) is 14.8 Å². The summed E-state index contributed by atoms with van der Waals surface area (Å²) in [5.74, 6) is 0.486. The average molecular weight is 482 g/mol. The van der Waals surface area contributed by atoms with E-state index >= 15 is 0 Å². The van der Waals surface area contributed by atoms with Gasteiger partial charge in [0.05, 0.1) is 18.0 Å². The van der Waals surface area contributed by atoms with Gasteiger partial charge in [-0.15, -0.1) is 12.4 Å². The Kier molecular flexibility index (Phi) is 6.17. The largest absolute Gasteiger partial charge is 0.489 e. The first-order chi connectivity index (χ1) is 15.5. The maximum Gasteiger partial charge on any atom is 0.255 e. The maximum absolute atomic E-state index is 12.3. The first kappa shape index (κ1) is 22.9. The smallest absolute Gasteiger partial charge is 0.255 e. The number of hydrogen-bond acceptors (Lipinski definition) is 5. The van der Waals surface area contributed by atoms with Gasteiger partial charge in [-0.3, -0.25) is 9.48 Å². The molecule has 0 bridgehead atoms. The number of rotatable bonds is 5. The fourth-order valence-corrected chi connectivity index (χ4v) is 4.17. The summed E-state index contributed by atoms with van der Waals surface area (Å²) in [5, 5.41) is 16.2. The van der Waals surface area contributed by atoms with Crippen LogP contribution in [0.2, 0.25) is 5.02 Å². The second-order valence-electron chi connectivity index (χ2n) is 7.89. The molecule has 2 aromatic heterocycles. The number of hydrogen-bond donors (Lipinski definition) is 2. The number of pyridine rings is 1. The van der Waals surface area contributed by atoms with Crippen molar-refractivity contribution >= 4 is 34.8 Å². The van der Waals surface area contributed by atoms with E-state index in [2.05, 4.69) is 16.2 Å². The lowest BCUT2D eigenvalue weighted by atomic mass is 9.95. The van der Waals surface area contributed by atoms with Crippen molar-refractivity contribution in [2.45, 2.75) is 25.5 Å². The van der Waals surface area contributed by atoms with Gasteiger partial charge >= 0.3 is 0 Å². The van der Waals surface area contributed by atoms with E-state index in [1.54, 1.807) is 35.3 Å². The number of aryl methyl sites for hydroxylation is 1. The summed E-state index contributed by atoms with van der Waals surface area (Å²) in [4.78, 5) is 15.0. The number of nitriles is 1. The minimum absolute atomic E-state index is 0. The Hall–Kier alpha value is -3.31. The van der Waals surface area contributed by atoms with Gasteiger partial charge < -0.3 is 15.5 Å². The molecule has 0 radical (unpaired) electrons. The fraction of sp³-hybridized carbons (Fsp3) is 0.208. The van der Waals surface area contributed by atoms with E-state index in [-0.39, 0.29) is 24.1 Å². The van der Waals surface area contributed by atoms with Gasteiger partial charge in [-0.2, -0.15) is 10.4 Å². The van der Waals surface area contributed by atoms with E-state index in [4.69, 9.17) is 22.1 Å². The van der Waals surface area contributed by atoms with E-state index in [0.717, 1.165) is 40.6 Å². The molecule has 0 saturated heterocycles. The highest BCUT2D eigenvalue weighted by Gasteiger charge is 2.27. The standard InChI is InChI=1S/C24H20ClN5O2.ClH/c1-30-23(19-7-15(25)8-22(20(19)10-27)32-16-3-4-16)21(12-29-30)13-2-5-17-18(6-13)14(9-26)11-28-24(17)31;/h2,5-8,11-12,16H,3-4,9,26H2,1H3,(H,28,31);1H. The Balaban J connectivity index is 0.00000259. The number of H-pyrrole nitrogens is 1. The topological polar surface area (TPSA) is 110 Å². The number of fused-ring (bicyclic) bond motifs is 1. The molecule has 0 spiro atoms. The molecular formula is C24H21Cl2N5O2. The lowest BCUT2D eigenvalue weighted by Crippen LogP contribution is -2.09. The van der Waals surface area contributed by atoms with Crippen LogP contribution >= 0.6 is 24.0 Å². The number of halogens is 2. The highest BCUT2D eigenvalue weighted by molar-refractivity contribution is 6.31. The second-order valence-corrected chi connectivity index (χ2v) is 8.33. The second kappa shape index (κ2) is 8.91. The summed E-state index contributed by atoms with van der Waals surface area (Å²) in [6.45, 7) is 0.297. The number of nitrogens with zero attached hydrogens (tertiary/aromatic N) is 3. The molecule has 1 aliphatic rings. The van der Waals surface area contributed by atoms with Crippen molar-refractivity contribution < 1.29 is 4.74 Å². The van der Waals surface area contributed by atoms with E-state index in [1.807, 2.05) is 19.2 Å². The van der Waals surface area contributed by atoms with Crippen molar-refractivity contribution in [3.05, 3.63) is 69.2 Å². The summed E-state index contributed by atoms with van der Waals surface area (Å²) < 4.78 is 7.68. The first-order valence-corrected chi connectivity index (χ1v) is 10.7. The van der Waals surface area contributed by atoms with E-state index in [0.29, 0.717) is 33.8 Å². The van der Waals surface area contributed by atoms with Gasteiger partial charge in [-0.1, -0.05) is 17.7 Å². The van der Waals surface area contributed by atoms with Crippen molar-refractivity contribution in [3.63, 3.8) is 0 Å². The zero-order valence-electron chi connectivity index (χ0n) is 17.8. The van der Waals surface area contributed by atoms with E-state index < -0.39 is 0 Å². The van der Waals surface area contributed by atoms with Crippen LogP contribution in [0.5, 0.6) is 5.75 Å². The zero-order valence-corrected chi connectivity index (χ0v) is 19.3. The SMILES string of the molecule is Cl.Cn1ncc(-c2ccc3c(=O)[nH]cc(CN)c3c2)c1-c1cc(Cl)cc(OC2CC2)c1C#N. The molecule has 3 N–H and O–H groups in total. The molecule has 1 aliphatic carbocycles. The molecule has 0 atom stereocenters. The Bertz CT molecular complexity index is 1460. The number of aromatic nitrogens is 3. The lowest BCUT2D eigenvalue weighted by molar-refractivity contribution is 0.302. The van der Waals surface area contributed by atoms with Crippen molar-refractivity contribution in [2.75, 3.05) is 0 Å². The number of nitrogens with one attached hydrogen (secondary N) is 1. The zero-order chi connectivity index (χ0) is 22.4. The highest BCUT2D eigenvalue weighted by atomic mass is 35.5. The number of ether oxygens (including phenoxy) is 1. The Labute approximate surface area is 201 Å². The van der Waals surface area contributed by atoms with Gasteiger partial charge in [0.25, 0.3) is 5.56 Å². The van der Waals surface area contributed by atoms with Crippen LogP contribution < -0.4 is 16.0 Å². The van der Waals surface area contributed by atoms with Crippen molar-refractivity contribution in [3.8, 4) is 34.2 Å². The number of benzene rings is 2. The molecule has 4 aromatic rings. The molecule has 2 heterocycles. The Morgan fingerprint density at radius 1 is 1.27 bits per heavy atom. The minimum atomic E-state index is -0.168. The molecule has 168 valence electrons. The summed E-state index contributed by atoms with van der Waals surface area (Å²) in [6.07, 6.45) is 5.47. The van der Waals surface area contributed by atoms with Gasteiger partial charge in [0, 0.05) is 47.4 Å². The van der Waals surface area contributed by atoms with Crippen LogP contribution in [0.15, 0.2) is 47.5 Å². The lowest BCUT2D eigenvalue weighted by Gasteiger charge is -2.14. The van der Waals surface area contributed by atoms with Crippen LogP contribution in [-0.2, 0) is 13.6 Å². The summed E-state index contributed by atoms with van der Waals surface area (Å²) in [6, 6.07) is 11.3. The summed E-state index contributed by atoms with van der Waals surface area (Å²) in [5.41, 5.74) is 10.0. The summed E-state index contributed by atoms with van der Waals surface area (Å²) >= 11 is 6.41. The normalized spacial score (nSPS) is 12.9. The molecule has 1 saturated carbocycles. The third-order valence-electron chi connectivity index (χ3n) is 5.71. The predicted octanol–water partition coefficient (Wildman–Crippen LogP) is 4.54. The van der Waals surface area contributed by atoms with Crippen LogP contribution in [0, 0.1) is 11.3 Å². The molecule has 7 nitrogen and oxygen atoms in total. The predicted molar refractivity (Wildman–Crippen MR) is 131 cm³/mol. The average Bonchev–Trinajstić information content (AvgIpc) is 3.52. The molecule has 2 aromatic carbocycles. The molecule has 1 fully saturated rings. The van der Waals surface area contributed by atoms with Crippen molar-refractivity contribution in [2.24, 2.45) is 12.8 Å². The van der Waals surface area contributed by atoms with Crippen LogP contribution in [0.4, 0.5) is 0 Å². The molecule has 9 heteroatoms.